The molecule has 2 aromatic carbocycles. The summed E-state index contributed by atoms with van der Waals surface area (Å²) in [5.41, 5.74) is 3.66. The highest BCUT2D eigenvalue weighted by Crippen LogP contribution is 2.36. The van der Waals surface area contributed by atoms with Gasteiger partial charge in [0.25, 0.3) is 12.4 Å². The number of rotatable bonds is 11. The lowest BCUT2D eigenvalue weighted by Gasteiger charge is -2.25. The first-order valence-electron chi connectivity index (χ1n) is 13.2. The Kier molecular flexibility index (Phi) is 10.9. The average Bonchev–Trinajstić information content (AvgIpc) is 3.27. The number of carbonyl (C=O) groups excluding carboxylic acids is 1. The molecule has 1 aromatic heterocycles. The fourth-order valence-electron chi connectivity index (χ4n) is 4.85. The van der Waals surface area contributed by atoms with Gasteiger partial charge in [-0.3, -0.25) is 13.9 Å². The second-order valence-corrected chi connectivity index (χ2v) is 11.7. The first-order chi connectivity index (χ1) is 19.2. The maximum Gasteiger partial charge on any atom is 0.290 e. The van der Waals surface area contributed by atoms with E-state index < -0.39 is 22.2 Å². The Hall–Kier alpha value is -3.67. The molecule has 11 heteroatoms. The zero-order valence-electron chi connectivity index (χ0n) is 22.9. The number of carbonyl (C=O) groups is 2. The van der Waals surface area contributed by atoms with Crippen LogP contribution in [0.25, 0.3) is 10.9 Å². The summed E-state index contributed by atoms with van der Waals surface area (Å²) < 4.78 is 29.0. The van der Waals surface area contributed by atoms with Crippen LogP contribution in [0.15, 0.2) is 61.3 Å². The van der Waals surface area contributed by atoms with Crippen LogP contribution in [0, 0.1) is 0 Å². The van der Waals surface area contributed by atoms with Gasteiger partial charge in [-0.1, -0.05) is 36.4 Å². The minimum atomic E-state index is -3.50. The number of aryl methyl sites for hydroxylation is 2. The van der Waals surface area contributed by atoms with Crippen LogP contribution in [-0.4, -0.2) is 73.6 Å². The van der Waals surface area contributed by atoms with E-state index in [0.29, 0.717) is 43.7 Å². The van der Waals surface area contributed by atoms with Crippen molar-refractivity contribution >= 4 is 39.0 Å². The second kappa shape index (κ2) is 14.1. The number of hydrogen-bond acceptors (Lipinski definition) is 6. The summed E-state index contributed by atoms with van der Waals surface area (Å²) in [4.78, 5) is 21.9. The highest BCUT2D eigenvalue weighted by Gasteiger charge is 2.29. The fraction of sp³-hybridized carbons (Fsp3) is 0.379. The minimum Gasteiger partial charge on any atom is -0.483 e. The van der Waals surface area contributed by atoms with E-state index in [0.717, 1.165) is 28.5 Å². The highest BCUT2D eigenvalue weighted by atomic mass is 32.2. The first-order valence-corrected chi connectivity index (χ1v) is 14.8. The smallest absolute Gasteiger partial charge is 0.290 e. The lowest BCUT2D eigenvalue weighted by molar-refractivity contribution is -0.122. The van der Waals surface area contributed by atoms with Gasteiger partial charge in [0.05, 0.1) is 29.1 Å². The monoisotopic (exact) mass is 570 g/mol. The van der Waals surface area contributed by atoms with Gasteiger partial charge in [0.1, 0.15) is 0 Å². The number of aliphatic hydroxyl groups is 1. The Labute approximate surface area is 235 Å². The number of aromatic nitrogens is 1. The molecule has 0 bridgehead atoms. The lowest BCUT2D eigenvalue weighted by atomic mass is 10.00. The van der Waals surface area contributed by atoms with Gasteiger partial charge in [0.15, 0.2) is 0 Å². The predicted molar refractivity (Wildman–Crippen MR) is 157 cm³/mol. The SMILES string of the molecule is C=CCCNC[C@@H](O)[C@H](Cc1ccccc1)NC(=O)c1cc2c3c(cn(CC)c3c1)CCS(=O)(=O)N2C.O=CO. The van der Waals surface area contributed by atoms with Crippen molar-refractivity contribution in [1.82, 2.24) is 15.2 Å². The molecule has 0 unspecified atom stereocenters. The summed E-state index contributed by atoms with van der Waals surface area (Å²) >= 11 is 0. The van der Waals surface area contributed by atoms with Gasteiger partial charge < -0.3 is 25.4 Å². The Morgan fingerprint density at radius 2 is 1.93 bits per heavy atom. The molecule has 1 aliphatic heterocycles. The molecule has 0 radical (unpaired) electrons. The van der Waals surface area contributed by atoms with Crippen LogP contribution in [0.1, 0.15) is 34.8 Å². The summed E-state index contributed by atoms with van der Waals surface area (Å²) in [7, 11) is -1.96. The predicted octanol–water partition coefficient (Wildman–Crippen LogP) is 2.55. The molecule has 2 atom stereocenters. The summed E-state index contributed by atoms with van der Waals surface area (Å²) in [6.07, 6.45) is 4.63. The molecule has 0 spiro atoms. The van der Waals surface area contributed by atoms with E-state index >= 15 is 0 Å². The maximum absolute atomic E-state index is 13.6. The minimum absolute atomic E-state index is 0.0206. The molecule has 10 nitrogen and oxygen atoms in total. The average molecular weight is 571 g/mol. The topological polar surface area (TPSA) is 141 Å². The summed E-state index contributed by atoms with van der Waals surface area (Å²) in [6, 6.07) is 12.6. The van der Waals surface area contributed by atoms with Gasteiger partial charge in [-0.15, -0.1) is 6.58 Å². The Balaban J connectivity index is 0.00000141. The van der Waals surface area contributed by atoms with Crippen LogP contribution in [0.4, 0.5) is 5.69 Å². The van der Waals surface area contributed by atoms with Crippen molar-refractivity contribution in [3.8, 4) is 0 Å². The lowest BCUT2D eigenvalue weighted by Crippen LogP contribution is -2.48. The van der Waals surface area contributed by atoms with Crippen LogP contribution in [-0.2, 0) is 34.2 Å². The van der Waals surface area contributed by atoms with Crippen LogP contribution in [0.5, 0.6) is 0 Å². The molecule has 4 N–H and O–H groups in total. The van der Waals surface area contributed by atoms with Crippen LogP contribution in [0.3, 0.4) is 0 Å². The second-order valence-electron chi connectivity index (χ2n) is 9.59. The zero-order chi connectivity index (χ0) is 29.3. The Morgan fingerprint density at radius 3 is 2.58 bits per heavy atom. The number of carboxylic acid groups (broad SMARTS) is 1. The van der Waals surface area contributed by atoms with Crippen molar-refractivity contribution < 1.29 is 28.2 Å². The molecule has 0 fully saturated rings. The van der Waals surface area contributed by atoms with Crippen LogP contribution < -0.4 is 14.9 Å². The highest BCUT2D eigenvalue weighted by molar-refractivity contribution is 7.92. The number of aliphatic hydroxyl groups excluding tert-OH is 1. The molecule has 0 saturated carbocycles. The van der Waals surface area contributed by atoms with E-state index in [1.54, 1.807) is 13.1 Å². The normalized spacial score (nSPS) is 15.3. The van der Waals surface area contributed by atoms with E-state index in [9.17, 15) is 18.3 Å². The number of hydrogen-bond donors (Lipinski definition) is 4. The Morgan fingerprint density at radius 1 is 1.23 bits per heavy atom. The third kappa shape index (κ3) is 7.29. The summed E-state index contributed by atoms with van der Waals surface area (Å²) in [5.74, 6) is -0.336. The Bertz CT molecular complexity index is 1420. The van der Waals surface area contributed by atoms with E-state index in [2.05, 4.69) is 21.8 Å². The number of amides is 1. The molecular formula is C29H38N4O6S. The molecular weight excluding hydrogens is 532 g/mol. The summed E-state index contributed by atoms with van der Waals surface area (Å²) in [5, 5.41) is 25.0. The standard InChI is InChI=1S/C28H36N4O4S.CH2O2/c1-4-6-13-29-18-26(33)23(15-20-10-8-7-9-11-20)30-28(34)22-16-24-27-21(12-14-37(35,36)31(24)3)19-32(5-2)25(27)17-22;2-1-3/h4,7-11,16-17,19,23,26,29,33H,1,5-6,12-15,18H2,2-3H3,(H,30,34);1H,(H,2,3)/t23-,26+;/m0./s1. The van der Waals surface area contributed by atoms with Crippen molar-refractivity contribution in [3.05, 3.63) is 78.0 Å². The van der Waals surface area contributed by atoms with Gasteiger partial charge >= 0.3 is 0 Å². The number of nitrogens with one attached hydrogen (secondary N) is 2. The van der Waals surface area contributed by atoms with Crippen molar-refractivity contribution in [1.29, 1.82) is 0 Å². The van der Waals surface area contributed by atoms with Crippen molar-refractivity contribution in [2.75, 3.05) is 30.2 Å². The molecule has 0 saturated heterocycles. The van der Waals surface area contributed by atoms with Gasteiger partial charge in [0.2, 0.25) is 10.0 Å². The van der Waals surface area contributed by atoms with E-state index in [-0.39, 0.29) is 18.1 Å². The fourth-order valence-corrected chi connectivity index (χ4v) is 6.04. The third-order valence-corrected chi connectivity index (χ3v) is 8.74. The molecule has 4 rings (SSSR count). The summed E-state index contributed by atoms with van der Waals surface area (Å²) in [6.45, 7) is 7.18. The third-order valence-electron chi connectivity index (χ3n) is 6.99. The van der Waals surface area contributed by atoms with Crippen LogP contribution in [0.2, 0.25) is 0 Å². The van der Waals surface area contributed by atoms with Gasteiger partial charge in [-0.2, -0.15) is 0 Å². The van der Waals surface area contributed by atoms with Crippen molar-refractivity contribution in [2.45, 2.75) is 44.9 Å². The van der Waals surface area contributed by atoms with E-state index in [1.807, 2.05) is 55.6 Å². The van der Waals surface area contributed by atoms with Crippen molar-refractivity contribution in [3.63, 3.8) is 0 Å². The molecule has 3 aromatic rings. The first kappa shape index (κ1) is 30.9. The number of nitrogens with zero attached hydrogens (tertiary/aromatic N) is 2. The molecule has 40 heavy (non-hydrogen) atoms. The number of benzene rings is 2. The quantitative estimate of drug-likeness (QED) is 0.158. The van der Waals surface area contributed by atoms with Crippen LogP contribution >= 0.6 is 0 Å². The van der Waals surface area contributed by atoms with Gasteiger partial charge in [-0.05, 0) is 56.0 Å². The number of anilines is 1. The zero-order valence-corrected chi connectivity index (χ0v) is 23.7. The molecule has 1 aliphatic rings. The molecule has 216 valence electrons. The maximum atomic E-state index is 13.6. The molecule has 1 amide bonds. The number of sulfonamides is 1. The van der Waals surface area contributed by atoms with E-state index in [4.69, 9.17) is 9.90 Å². The van der Waals surface area contributed by atoms with Gasteiger partial charge in [-0.25, -0.2) is 8.42 Å². The van der Waals surface area contributed by atoms with Crippen molar-refractivity contribution in [2.24, 2.45) is 0 Å². The molecule has 0 aliphatic carbocycles. The molecule has 2 heterocycles. The van der Waals surface area contributed by atoms with E-state index in [1.165, 1.54) is 4.31 Å². The largest absolute Gasteiger partial charge is 0.483 e. The van der Waals surface area contributed by atoms with Gasteiger partial charge in [0, 0.05) is 37.3 Å².